The predicted octanol–water partition coefficient (Wildman–Crippen LogP) is -0.254. The Kier molecular flexibility index (Phi) is 1.85. The van der Waals surface area contributed by atoms with Gasteiger partial charge in [0, 0.05) is 6.54 Å². The molecule has 0 spiro atoms. The van der Waals surface area contributed by atoms with E-state index >= 15 is 0 Å². The van der Waals surface area contributed by atoms with Crippen LogP contribution in [0.4, 0.5) is 0 Å². The third kappa shape index (κ3) is 1.54. The van der Waals surface area contributed by atoms with Crippen molar-refractivity contribution >= 4 is 17.3 Å². The molecule has 0 saturated carbocycles. The minimum absolute atomic E-state index is 0.0845. The molecule has 2 N–H and O–H groups in total. The van der Waals surface area contributed by atoms with Crippen molar-refractivity contribution in [2.45, 2.75) is 12.5 Å². The maximum absolute atomic E-state index is 8.41. The van der Waals surface area contributed by atoms with Crippen molar-refractivity contribution in [1.82, 2.24) is 10.6 Å². The second-order valence-electron chi connectivity index (χ2n) is 1.87. The summed E-state index contributed by atoms with van der Waals surface area (Å²) in [6, 6.07) is 2.01. The molecule has 0 aromatic carbocycles. The van der Waals surface area contributed by atoms with Gasteiger partial charge in [-0.25, -0.2) is 0 Å². The number of hydrogen-bond acceptors (Lipinski definition) is 2. The van der Waals surface area contributed by atoms with Gasteiger partial charge < -0.3 is 10.6 Å². The minimum Gasteiger partial charge on any atom is -0.363 e. The molecule has 48 valence electrons. The van der Waals surface area contributed by atoms with Gasteiger partial charge in [0.1, 0.15) is 6.04 Å². The molecule has 1 aliphatic heterocycles. The molecule has 0 bridgehead atoms. The van der Waals surface area contributed by atoms with Crippen LogP contribution in [0.2, 0.25) is 0 Å². The zero-order chi connectivity index (χ0) is 6.69. The van der Waals surface area contributed by atoms with Gasteiger partial charge in [0.25, 0.3) is 0 Å². The van der Waals surface area contributed by atoms with Crippen LogP contribution in [0.3, 0.4) is 0 Å². The molecule has 0 amide bonds. The van der Waals surface area contributed by atoms with Gasteiger partial charge in [0.05, 0.1) is 6.07 Å². The summed E-state index contributed by atoms with van der Waals surface area (Å²) in [7, 11) is 0. The van der Waals surface area contributed by atoms with Crippen LogP contribution >= 0.6 is 12.2 Å². The molecule has 1 rings (SSSR count). The topological polar surface area (TPSA) is 47.9 Å². The van der Waals surface area contributed by atoms with Crippen molar-refractivity contribution < 1.29 is 0 Å². The lowest BCUT2D eigenvalue weighted by atomic mass is 10.2. The van der Waals surface area contributed by atoms with Crippen LogP contribution in [-0.2, 0) is 0 Å². The third-order valence-corrected chi connectivity index (χ3v) is 1.44. The summed E-state index contributed by atoms with van der Waals surface area (Å²) in [5, 5.41) is 14.7. The molecule has 0 aromatic rings. The number of hydrogen-bond donors (Lipinski definition) is 2. The van der Waals surface area contributed by atoms with E-state index < -0.39 is 0 Å². The summed E-state index contributed by atoms with van der Waals surface area (Å²) in [4.78, 5) is 0. The summed E-state index contributed by atoms with van der Waals surface area (Å²) in [5.41, 5.74) is 0. The fourth-order valence-corrected chi connectivity index (χ4v) is 0.953. The molecule has 1 heterocycles. The fraction of sp³-hybridized carbons (Fsp3) is 0.600. The first kappa shape index (κ1) is 6.30. The van der Waals surface area contributed by atoms with E-state index in [-0.39, 0.29) is 6.04 Å². The lowest BCUT2D eigenvalue weighted by Crippen LogP contribution is -2.48. The average Bonchev–Trinajstić information content (AvgIpc) is 1.88. The number of rotatable bonds is 0. The fourth-order valence-electron chi connectivity index (χ4n) is 0.708. The molecule has 9 heavy (non-hydrogen) atoms. The summed E-state index contributed by atoms with van der Waals surface area (Å²) in [6.07, 6.45) is 0.830. The Bertz CT molecular complexity index is 160. The van der Waals surface area contributed by atoms with Crippen LogP contribution in [0, 0.1) is 11.3 Å². The van der Waals surface area contributed by atoms with Crippen LogP contribution in [0.25, 0.3) is 0 Å². The molecular weight excluding hydrogens is 134 g/mol. The van der Waals surface area contributed by atoms with Crippen LogP contribution in [0.5, 0.6) is 0 Å². The molecule has 3 nitrogen and oxygen atoms in total. The van der Waals surface area contributed by atoms with Crippen molar-refractivity contribution in [2.24, 2.45) is 0 Å². The van der Waals surface area contributed by atoms with E-state index in [1.54, 1.807) is 0 Å². The van der Waals surface area contributed by atoms with Crippen molar-refractivity contribution in [3.8, 4) is 6.07 Å². The predicted molar refractivity (Wildman–Crippen MR) is 37.8 cm³/mol. The molecule has 0 aromatic heterocycles. The Labute approximate surface area is 59.0 Å². The highest BCUT2D eigenvalue weighted by Gasteiger charge is 2.12. The minimum atomic E-state index is -0.0845. The van der Waals surface area contributed by atoms with E-state index in [0.29, 0.717) is 5.11 Å². The molecule has 1 atom stereocenters. The first-order chi connectivity index (χ1) is 4.33. The summed E-state index contributed by atoms with van der Waals surface area (Å²) in [5.74, 6) is 0. The second-order valence-corrected chi connectivity index (χ2v) is 2.28. The van der Waals surface area contributed by atoms with Crippen molar-refractivity contribution in [2.75, 3.05) is 6.54 Å². The van der Waals surface area contributed by atoms with E-state index in [1.807, 2.05) is 0 Å². The highest BCUT2D eigenvalue weighted by Crippen LogP contribution is 1.93. The number of nitrogens with zero attached hydrogens (tertiary/aromatic N) is 1. The normalized spacial score (nSPS) is 25.7. The van der Waals surface area contributed by atoms with Gasteiger partial charge in [-0.2, -0.15) is 5.26 Å². The zero-order valence-corrected chi connectivity index (χ0v) is 5.66. The van der Waals surface area contributed by atoms with Gasteiger partial charge in [-0.15, -0.1) is 0 Å². The van der Waals surface area contributed by atoms with E-state index in [1.165, 1.54) is 0 Å². The van der Waals surface area contributed by atoms with Gasteiger partial charge in [-0.3, -0.25) is 0 Å². The maximum atomic E-state index is 8.41. The number of nitrogens with one attached hydrogen (secondary N) is 2. The Balaban J connectivity index is 2.43. The van der Waals surface area contributed by atoms with Crippen LogP contribution < -0.4 is 10.6 Å². The summed E-state index contributed by atoms with van der Waals surface area (Å²) >= 11 is 4.78. The van der Waals surface area contributed by atoms with Gasteiger partial charge in [0.2, 0.25) is 0 Å². The Morgan fingerprint density at radius 2 is 2.56 bits per heavy atom. The van der Waals surface area contributed by atoms with Crippen molar-refractivity contribution in [1.29, 1.82) is 5.26 Å². The maximum Gasteiger partial charge on any atom is 0.167 e. The largest absolute Gasteiger partial charge is 0.363 e. The van der Waals surface area contributed by atoms with Gasteiger partial charge in [-0.1, -0.05) is 0 Å². The first-order valence-electron chi connectivity index (χ1n) is 2.77. The van der Waals surface area contributed by atoms with Crippen molar-refractivity contribution in [3.63, 3.8) is 0 Å². The molecule has 1 saturated heterocycles. The van der Waals surface area contributed by atoms with E-state index in [9.17, 15) is 0 Å². The number of thiocarbonyl (C=S) groups is 1. The molecule has 1 aliphatic rings. The second kappa shape index (κ2) is 2.65. The smallest absolute Gasteiger partial charge is 0.167 e. The molecule has 0 unspecified atom stereocenters. The van der Waals surface area contributed by atoms with Gasteiger partial charge >= 0.3 is 0 Å². The summed E-state index contributed by atoms with van der Waals surface area (Å²) in [6.45, 7) is 0.810. The lowest BCUT2D eigenvalue weighted by Gasteiger charge is -2.20. The first-order valence-corrected chi connectivity index (χ1v) is 3.18. The van der Waals surface area contributed by atoms with Gasteiger partial charge in [-0.05, 0) is 18.6 Å². The Hall–Kier alpha value is -0.820. The van der Waals surface area contributed by atoms with Crippen molar-refractivity contribution in [3.05, 3.63) is 0 Å². The van der Waals surface area contributed by atoms with Crippen LogP contribution in [0.15, 0.2) is 0 Å². The Morgan fingerprint density at radius 3 is 3.00 bits per heavy atom. The van der Waals surface area contributed by atoms with E-state index in [0.717, 1.165) is 13.0 Å². The summed E-state index contributed by atoms with van der Waals surface area (Å²) < 4.78 is 0. The van der Waals surface area contributed by atoms with Crippen LogP contribution in [0.1, 0.15) is 6.42 Å². The average molecular weight is 141 g/mol. The molecule has 1 fully saturated rings. The third-order valence-electron chi connectivity index (χ3n) is 1.18. The van der Waals surface area contributed by atoms with E-state index in [2.05, 4.69) is 16.7 Å². The zero-order valence-electron chi connectivity index (χ0n) is 4.85. The van der Waals surface area contributed by atoms with E-state index in [4.69, 9.17) is 17.5 Å². The quantitative estimate of drug-likeness (QED) is 0.456. The molecule has 0 aliphatic carbocycles. The molecule has 4 heteroatoms. The standard InChI is InChI=1S/C5H7N3S/c6-3-4-1-2-7-5(9)8-4/h4H,1-2H2,(H2,7,8,9)/t4-/m0/s1. The lowest BCUT2D eigenvalue weighted by molar-refractivity contribution is 0.601. The highest BCUT2D eigenvalue weighted by molar-refractivity contribution is 7.80. The Morgan fingerprint density at radius 1 is 1.78 bits per heavy atom. The monoisotopic (exact) mass is 141 g/mol. The van der Waals surface area contributed by atoms with Gasteiger partial charge in [0.15, 0.2) is 5.11 Å². The number of nitriles is 1. The SMILES string of the molecule is N#C[C@@H]1CCNC(=S)N1. The highest BCUT2D eigenvalue weighted by atomic mass is 32.1. The molecular formula is C5H7N3S. The molecule has 0 radical (unpaired) electrons. The van der Waals surface area contributed by atoms with Crippen LogP contribution in [-0.4, -0.2) is 17.7 Å².